The molecule has 12 heteroatoms. The van der Waals surface area contributed by atoms with E-state index in [4.69, 9.17) is 35.3 Å². The Morgan fingerprint density at radius 1 is 1.29 bits per heavy atom. The molecule has 34 heavy (non-hydrogen) atoms. The first-order chi connectivity index (χ1) is 16.5. The summed E-state index contributed by atoms with van der Waals surface area (Å²) in [5.74, 6) is -0.179. The average molecular weight is 507 g/mol. The fourth-order valence-electron chi connectivity index (χ4n) is 4.23. The van der Waals surface area contributed by atoms with E-state index in [0.29, 0.717) is 15.9 Å². The minimum atomic E-state index is -0.858. The number of carbonyl (C=O) groups excluding carboxylic acids is 1. The average Bonchev–Trinajstić information content (AvgIpc) is 3.51. The highest BCUT2D eigenvalue weighted by atomic mass is 35.5. The fraction of sp³-hybridized carbons (Fsp3) is 0.455. The van der Waals surface area contributed by atoms with E-state index in [0.717, 1.165) is 5.56 Å². The Balaban J connectivity index is 1.52. The number of nitrogens with zero attached hydrogens (tertiary/aromatic N) is 4. The molecule has 0 bridgehead atoms. The zero-order valence-electron chi connectivity index (χ0n) is 18.4. The van der Waals surface area contributed by atoms with E-state index in [1.54, 1.807) is 16.3 Å². The first-order valence-corrected chi connectivity index (χ1v) is 11.9. The number of halogens is 1. The van der Waals surface area contributed by atoms with Gasteiger partial charge >= 0.3 is 0 Å². The van der Waals surface area contributed by atoms with E-state index < -0.39 is 36.7 Å². The van der Waals surface area contributed by atoms with Gasteiger partial charge in [0.2, 0.25) is 0 Å². The van der Waals surface area contributed by atoms with Crippen LogP contribution in [0.3, 0.4) is 0 Å². The molecule has 10 nitrogen and oxygen atoms in total. The summed E-state index contributed by atoms with van der Waals surface area (Å²) in [6.45, 7) is 1.67. The number of rotatable bonds is 7. The van der Waals surface area contributed by atoms with Gasteiger partial charge in [0.1, 0.15) is 53.1 Å². The summed E-state index contributed by atoms with van der Waals surface area (Å²) in [6.07, 6.45) is -1.49. The van der Waals surface area contributed by atoms with Gasteiger partial charge in [-0.05, 0) is 6.92 Å². The van der Waals surface area contributed by atoms with Crippen molar-refractivity contribution in [1.29, 1.82) is 0 Å². The molecule has 0 amide bonds. The van der Waals surface area contributed by atoms with E-state index in [9.17, 15) is 4.79 Å². The zero-order valence-corrected chi connectivity index (χ0v) is 20.0. The van der Waals surface area contributed by atoms with Crippen molar-refractivity contribution in [3.63, 3.8) is 0 Å². The van der Waals surface area contributed by atoms with Crippen LogP contribution in [-0.4, -0.2) is 70.7 Å². The third-order valence-corrected chi connectivity index (χ3v) is 6.90. The third-order valence-electron chi connectivity index (χ3n) is 5.71. The van der Waals surface area contributed by atoms with Gasteiger partial charge in [-0.3, -0.25) is 4.79 Å². The van der Waals surface area contributed by atoms with Crippen molar-refractivity contribution in [2.45, 2.75) is 43.7 Å². The van der Waals surface area contributed by atoms with Crippen molar-refractivity contribution < 1.29 is 28.5 Å². The molecule has 0 N–H and O–H groups in total. The predicted octanol–water partition coefficient (Wildman–Crippen LogP) is 3.06. The molecule has 180 valence electrons. The molecule has 5 rings (SSSR count). The SMILES string of the molecule is COCO[C@H]1C(n2cc(-c3nc(Cl)cs3)nn2)[C@H]2OC(c3ccccc3)OCC2O[C@H]1C(C)=O. The van der Waals surface area contributed by atoms with E-state index in [1.165, 1.54) is 25.4 Å². The van der Waals surface area contributed by atoms with Crippen LogP contribution in [0, 0.1) is 0 Å². The second-order valence-corrected chi connectivity index (χ2v) is 9.22. The Morgan fingerprint density at radius 3 is 2.82 bits per heavy atom. The van der Waals surface area contributed by atoms with E-state index in [2.05, 4.69) is 15.3 Å². The zero-order chi connectivity index (χ0) is 23.7. The topological polar surface area (TPSA) is 107 Å². The second-order valence-electron chi connectivity index (χ2n) is 7.97. The van der Waals surface area contributed by atoms with Crippen LogP contribution < -0.4 is 0 Å². The number of fused-ring (bicyclic) bond motifs is 1. The van der Waals surface area contributed by atoms with Gasteiger partial charge in [-0.2, -0.15) is 0 Å². The predicted molar refractivity (Wildman–Crippen MR) is 121 cm³/mol. The van der Waals surface area contributed by atoms with Crippen LogP contribution in [0.2, 0.25) is 5.15 Å². The minimum absolute atomic E-state index is 0.0338. The molecule has 1 aromatic carbocycles. The summed E-state index contributed by atoms with van der Waals surface area (Å²) in [7, 11) is 1.51. The highest BCUT2D eigenvalue weighted by molar-refractivity contribution is 7.13. The molecule has 0 radical (unpaired) electrons. The van der Waals surface area contributed by atoms with Gasteiger partial charge in [0, 0.05) is 18.1 Å². The maximum Gasteiger partial charge on any atom is 0.184 e. The smallest absolute Gasteiger partial charge is 0.184 e. The van der Waals surface area contributed by atoms with E-state index in [1.807, 2.05) is 30.3 Å². The highest BCUT2D eigenvalue weighted by Crippen LogP contribution is 2.41. The Morgan fingerprint density at radius 2 is 2.12 bits per heavy atom. The van der Waals surface area contributed by atoms with Gasteiger partial charge in [0.15, 0.2) is 12.1 Å². The van der Waals surface area contributed by atoms with E-state index in [-0.39, 0.29) is 19.2 Å². The Kier molecular flexibility index (Phi) is 7.02. The lowest BCUT2D eigenvalue weighted by molar-refractivity contribution is -0.319. The maximum atomic E-state index is 12.5. The number of carbonyl (C=O) groups is 1. The number of benzene rings is 1. The van der Waals surface area contributed by atoms with Crippen molar-refractivity contribution in [3.05, 3.63) is 52.6 Å². The van der Waals surface area contributed by atoms with Crippen LogP contribution in [0.1, 0.15) is 24.8 Å². The van der Waals surface area contributed by atoms with Crippen molar-refractivity contribution >= 4 is 28.7 Å². The molecule has 2 fully saturated rings. The fourth-order valence-corrected chi connectivity index (χ4v) is 5.13. The maximum absolute atomic E-state index is 12.5. The first-order valence-electron chi connectivity index (χ1n) is 10.7. The molecule has 2 aromatic heterocycles. The van der Waals surface area contributed by atoms with Crippen LogP contribution in [-0.2, 0) is 28.5 Å². The van der Waals surface area contributed by atoms with Gasteiger partial charge in [0.05, 0.1) is 12.8 Å². The summed E-state index contributed by atoms with van der Waals surface area (Å²) >= 11 is 7.35. The Hall–Kier alpha value is -2.25. The largest absolute Gasteiger partial charge is 0.359 e. The van der Waals surface area contributed by atoms with Gasteiger partial charge in [-0.1, -0.05) is 47.1 Å². The molecule has 3 unspecified atom stereocenters. The summed E-state index contributed by atoms with van der Waals surface area (Å²) in [5, 5.41) is 11.4. The quantitative estimate of drug-likeness (QED) is 0.447. The van der Waals surface area contributed by atoms with Crippen molar-refractivity contribution in [2.24, 2.45) is 0 Å². The molecule has 4 heterocycles. The molecule has 6 atom stereocenters. The Bertz CT molecular complexity index is 1130. The van der Waals surface area contributed by atoms with Crippen molar-refractivity contribution in [1.82, 2.24) is 20.0 Å². The number of hydrogen-bond acceptors (Lipinski definition) is 10. The molecule has 0 spiro atoms. The lowest BCUT2D eigenvalue weighted by Gasteiger charge is -2.48. The molecule has 0 aliphatic carbocycles. The molecule has 2 aliphatic rings. The molecule has 0 saturated carbocycles. The normalized spacial score (nSPS) is 29.0. The summed E-state index contributed by atoms with van der Waals surface area (Å²) < 4.78 is 31.2. The second kappa shape index (κ2) is 10.2. The Labute approximate surface area is 204 Å². The molecule has 2 saturated heterocycles. The number of hydrogen-bond donors (Lipinski definition) is 0. The number of aromatic nitrogens is 4. The van der Waals surface area contributed by atoms with Crippen molar-refractivity contribution in [2.75, 3.05) is 20.5 Å². The number of thiazole rings is 1. The standard InChI is InChI=1S/C22H23ClN4O6S/c1-12(28)18-20(31-11-29-2)17(27-8-14(25-26-27)21-24-16(23)10-34-21)19-15(32-18)9-30-22(33-19)13-6-4-3-5-7-13/h3-8,10,15,17-20,22H,9,11H2,1-2H3/t15?,17?,18-,19-,20-,22?/m0/s1. The lowest BCUT2D eigenvalue weighted by atomic mass is 9.90. The molecular formula is C22H23ClN4O6S. The number of ether oxygens (including phenoxy) is 5. The monoisotopic (exact) mass is 506 g/mol. The summed E-state index contributed by atoms with van der Waals surface area (Å²) in [4.78, 5) is 16.8. The molecular weight excluding hydrogens is 484 g/mol. The van der Waals surface area contributed by atoms with Crippen LogP contribution in [0.4, 0.5) is 0 Å². The lowest BCUT2D eigenvalue weighted by Crippen LogP contribution is -2.61. The highest BCUT2D eigenvalue weighted by Gasteiger charge is 2.53. The number of Topliss-reactive ketones (excluding diaryl/α,β-unsaturated/α-hetero) is 1. The van der Waals surface area contributed by atoms with Gasteiger partial charge < -0.3 is 23.7 Å². The van der Waals surface area contributed by atoms with Crippen molar-refractivity contribution in [3.8, 4) is 10.7 Å². The summed E-state index contributed by atoms with van der Waals surface area (Å²) in [6, 6.07) is 9.08. The number of ketones is 1. The van der Waals surface area contributed by atoms with Crippen LogP contribution in [0.15, 0.2) is 41.9 Å². The van der Waals surface area contributed by atoms with Gasteiger partial charge in [0.25, 0.3) is 0 Å². The van der Waals surface area contributed by atoms with Gasteiger partial charge in [-0.25, -0.2) is 9.67 Å². The van der Waals surface area contributed by atoms with Crippen LogP contribution in [0.25, 0.3) is 10.7 Å². The number of methoxy groups -OCH3 is 1. The first kappa shape index (κ1) is 23.5. The van der Waals surface area contributed by atoms with Crippen LogP contribution in [0.5, 0.6) is 0 Å². The van der Waals surface area contributed by atoms with E-state index >= 15 is 0 Å². The van der Waals surface area contributed by atoms with Crippen LogP contribution >= 0.6 is 22.9 Å². The molecule has 2 aliphatic heterocycles. The summed E-state index contributed by atoms with van der Waals surface area (Å²) in [5.41, 5.74) is 1.43. The molecule has 3 aromatic rings. The third kappa shape index (κ3) is 4.65. The minimum Gasteiger partial charge on any atom is -0.359 e. The van der Waals surface area contributed by atoms with Gasteiger partial charge in [-0.15, -0.1) is 16.4 Å².